The Morgan fingerprint density at radius 1 is 0.397 bits per heavy atom. The SMILES string of the molecule is Cc1nc(C)nc(-c2ccc3c4ccccc4n(-c4cc(C#N)c(-c5nc(C)nc(C)n5)cc4-n4c5ccccc5c5ccc(-c6nc(C)nc(C)n6)cc54)c3c2)n1. The van der Waals surface area contributed by atoms with Gasteiger partial charge in [-0.05, 0) is 77.9 Å². The number of rotatable bonds is 5. The van der Waals surface area contributed by atoms with Gasteiger partial charge in [-0.2, -0.15) is 5.26 Å². The Morgan fingerprint density at radius 3 is 1.21 bits per heavy atom. The summed E-state index contributed by atoms with van der Waals surface area (Å²) in [4.78, 5) is 41.7. The van der Waals surface area contributed by atoms with E-state index in [9.17, 15) is 5.26 Å². The number of hydrogen-bond donors (Lipinski definition) is 0. The molecule has 10 rings (SSSR count). The summed E-state index contributed by atoms with van der Waals surface area (Å²) in [6.45, 7) is 11.2. The van der Waals surface area contributed by atoms with Crippen LogP contribution in [0.4, 0.5) is 0 Å². The molecule has 5 aromatic carbocycles. The van der Waals surface area contributed by atoms with E-state index >= 15 is 0 Å². The summed E-state index contributed by atoms with van der Waals surface area (Å²) in [5.41, 5.74) is 8.15. The molecule has 10 aromatic rings. The second-order valence-corrected chi connectivity index (χ2v) is 14.4. The van der Waals surface area contributed by atoms with Gasteiger partial charge < -0.3 is 9.13 Å². The van der Waals surface area contributed by atoms with E-state index in [-0.39, 0.29) is 0 Å². The van der Waals surface area contributed by atoms with E-state index in [4.69, 9.17) is 29.9 Å². The van der Waals surface area contributed by atoms with Crippen molar-refractivity contribution in [2.24, 2.45) is 0 Å². The van der Waals surface area contributed by atoms with Crippen molar-refractivity contribution in [1.82, 2.24) is 54.0 Å². The zero-order valence-electron chi connectivity index (χ0n) is 32.6. The average molecular weight is 755 g/mol. The van der Waals surface area contributed by atoms with Gasteiger partial charge in [0.25, 0.3) is 0 Å². The maximum absolute atomic E-state index is 10.9. The first kappa shape index (κ1) is 34.7. The molecule has 278 valence electrons. The predicted molar refractivity (Wildman–Crippen MR) is 225 cm³/mol. The monoisotopic (exact) mass is 754 g/mol. The summed E-state index contributed by atoms with van der Waals surface area (Å²) < 4.78 is 4.50. The minimum Gasteiger partial charge on any atom is -0.307 e. The smallest absolute Gasteiger partial charge is 0.164 e. The fourth-order valence-electron chi connectivity index (χ4n) is 8.18. The number of nitrogens with zero attached hydrogens (tertiary/aromatic N) is 12. The minimum atomic E-state index is 0.423. The van der Waals surface area contributed by atoms with Gasteiger partial charge >= 0.3 is 0 Å². The normalized spacial score (nSPS) is 11.6. The van der Waals surface area contributed by atoms with Crippen molar-refractivity contribution in [3.05, 3.63) is 138 Å². The molecule has 12 nitrogen and oxygen atoms in total. The Hall–Kier alpha value is -7.78. The lowest BCUT2D eigenvalue weighted by molar-refractivity contribution is 0.927. The first-order valence-corrected chi connectivity index (χ1v) is 18.9. The third-order valence-corrected chi connectivity index (χ3v) is 10.4. The number of aromatic nitrogens is 11. The molecule has 0 aliphatic carbocycles. The summed E-state index contributed by atoms with van der Waals surface area (Å²) in [6, 6.07) is 35.8. The zero-order valence-corrected chi connectivity index (χ0v) is 32.6. The van der Waals surface area contributed by atoms with Crippen LogP contribution in [0, 0.1) is 52.9 Å². The lowest BCUT2D eigenvalue weighted by Crippen LogP contribution is -2.07. The van der Waals surface area contributed by atoms with Gasteiger partial charge in [0.2, 0.25) is 0 Å². The number of para-hydroxylation sites is 2. The van der Waals surface area contributed by atoms with Crippen LogP contribution in [0.15, 0.2) is 97.1 Å². The van der Waals surface area contributed by atoms with Crippen LogP contribution in [-0.4, -0.2) is 54.0 Å². The standard InChI is InChI=1S/C46H34N12/c1-24-48-25(2)52-44(51-24)30-15-17-35-33-11-7-9-13-38(33)57(40(35)19-30)42-21-32(23-47)37(46-55-28(5)50-29(6)56-46)22-43(42)58-39-14-10-8-12-34(39)36-18-16-31(20-41(36)58)45-53-26(3)49-27(4)54-45/h7-22H,1-6H3. The molecule has 0 atom stereocenters. The van der Waals surface area contributed by atoms with Crippen LogP contribution in [-0.2, 0) is 0 Å². The highest BCUT2D eigenvalue weighted by atomic mass is 15.1. The fraction of sp³-hybridized carbons (Fsp3) is 0.130. The van der Waals surface area contributed by atoms with E-state index in [1.807, 2.05) is 71.9 Å². The van der Waals surface area contributed by atoms with Crippen molar-refractivity contribution >= 4 is 43.6 Å². The molecule has 0 saturated heterocycles. The van der Waals surface area contributed by atoms with Gasteiger partial charge in [-0.25, -0.2) is 44.9 Å². The molecule has 0 fully saturated rings. The van der Waals surface area contributed by atoms with Crippen molar-refractivity contribution in [3.63, 3.8) is 0 Å². The number of aryl methyl sites for hydroxylation is 6. The van der Waals surface area contributed by atoms with Crippen LogP contribution in [0.2, 0.25) is 0 Å². The Balaban J connectivity index is 1.36. The molecule has 5 heterocycles. The van der Waals surface area contributed by atoms with Crippen LogP contribution in [0.25, 0.3) is 89.2 Å². The third kappa shape index (κ3) is 5.63. The quantitative estimate of drug-likeness (QED) is 0.166. The molecule has 0 N–H and O–H groups in total. The van der Waals surface area contributed by atoms with Gasteiger partial charge in [0.15, 0.2) is 17.5 Å². The van der Waals surface area contributed by atoms with Crippen molar-refractivity contribution in [2.45, 2.75) is 41.5 Å². The summed E-state index contributed by atoms with van der Waals surface area (Å²) >= 11 is 0. The predicted octanol–water partition coefficient (Wildman–Crippen LogP) is 9.16. The van der Waals surface area contributed by atoms with Crippen LogP contribution in [0.1, 0.15) is 40.5 Å². The Labute approximate surface area is 332 Å². The van der Waals surface area contributed by atoms with Gasteiger partial charge in [0.1, 0.15) is 34.9 Å². The molecule has 0 radical (unpaired) electrons. The average Bonchev–Trinajstić information content (AvgIpc) is 3.71. The van der Waals surface area contributed by atoms with Crippen LogP contribution in [0.5, 0.6) is 0 Å². The topological polar surface area (TPSA) is 150 Å². The lowest BCUT2D eigenvalue weighted by Gasteiger charge is -2.19. The maximum atomic E-state index is 10.9. The number of fused-ring (bicyclic) bond motifs is 6. The molecule has 0 saturated carbocycles. The lowest BCUT2D eigenvalue weighted by atomic mass is 10.0. The molecule has 0 aliphatic heterocycles. The largest absolute Gasteiger partial charge is 0.307 e. The molecular formula is C46H34N12. The van der Waals surface area contributed by atoms with E-state index in [1.54, 1.807) is 0 Å². The Kier molecular flexibility index (Phi) is 7.88. The highest BCUT2D eigenvalue weighted by Crippen LogP contribution is 2.41. The molecule has 0 amide bonds. The highest BCUT2D eigenvalue weighted by Gasteiger charge is 2.24. The second kappa shape index (κ2) is 13.2. The van der Waals surface area contributed by atoms with Crippen molar-refractivity contribution in [1.29, 1.82) is 5.26 Å². The van der Waals surface area contributed by atoms with Gasteiger partial charge in [0, 0.05) is 38.2 Å². The van der Waals surface area contributed by atoms with Crippen LogP contribution >= 0.6 is 0 Å². The minimum absolute atomic E-state index is 0.423. The number of nitriles is 1. The molecule has 0 spiro atoms. The molecule has 5 aromatic heterocycles. The van der Waals surface area contributed by atoms with Crippen LogP contribution < -0.4 is 0 Å². The van der Waals surface area contributed by atoms with E-state index in [2.05, 4.69) is 96.9 Å². The zero-order chi connectivity index (χ0) is 39.8. The van der Waals surface area contributed by atoms with E-state index in [0.29, 0.717) is 63.5 Å². The second-order valence-electron chi connectivity index (χ2n) is 14.4. The van der Waals surface area contributed by atoms with Gasteiger partial charge in [-0.15, -0.1) is 0 Å². The fourth-order valence-corrected chi connectivity index (χ4v) is 8.18. The van der Waals surface area contributed by atoms with Crippen molar-refractivity contribution < 1.29 is 0 Å². The Morgan fingerprint density at radius 2 is 0.776 bits per heavy atom. The van der Waals surface area contributed by atoms with Gasteiger partial charge in [0.05, 0.1) is 45.1 Å². The summed E-state index contributed by atoms with van der Waals surface area (Å²) in [6.07, 6.45) is 0. The maximum Gasteiger partial charge on any atom is 0.164 e. The first-order chi connectivity index (χ1) is 28.1. The van der Waals surface area contributed by atoms with Crippen molar-refractivity contribution in [3.8, 4) is 51.6 Å². The molecule has 0 aliphatic rings. The molecule has 0 unspecified atom stereocenters. The van der Waals surface area contributed by atoms with E-state index in [1.165, 1.54) is 0 Å². The van der Waals surface area contributed by atoms with Crippen molar-refractivity contribution in [2.75, 3.05) is 0 Å². The third-order valence-electron chi connectivity index (χ3n) is 10.4. The summed E-state index contributed by atoms with van der Waals surface area (Å²) in [7, 11) is 0. The molecule has 12 heteroatoms. The number of hydrogen-bond acceptors (Lipinski definition) is 10. The number of benzene rings is 5. The van der Waals surface area contributed by atoms with E-state index in [0.717, 1.165) is 66.1 Å². The molecular weight excluding hydrogens is 721 g/mol. The Bertz CT molecular complexity index is 3330. The highest BCUT2D eigenvalue weighted by molar-refractivity contribution is 6.12. The van der Waals surface area contributed by atoms with Gasteiger partial charge in [-0.1, -0.05) is 60.7 Å². The molecule has 0 bridgehead atoms. The first-order valence-electron chi connectivity index (χ1n) is 18.9. The summed E-state index contributed by atoms with van der Waals surface area (Å²) in [5, 5.41) is 15.1. The molecule has 58 heavy (non-hydrogen) atoms. The van der Waals surface area contributed by atoms with Crippen LogP contribution in [0.3, 0.4) is 0 Å². The van der Waals surface area contributed by atoms with E-state index < -0.39 is 0 Å². The summed E-state index contributed by atoms with van der Waals surface area (Å²) in [5.74, 6) is 5.36. The van der Waals surface area contributed by atoms with Gasteiger partial charge in [-0.3, -0.25) is 0 Å².